The van der Waals surface area contributed by atoms with Crippen LogP contribution in [-0.2, 0) is 6.54 Å². The van der Waals surface area contributed by atoms with Crippen LogP contribution in [-0.4, -0.2) is 19.7 Å². The van der Waals surface area contributed by atoms with E-state index in [0.717, 1.165) is 32.9 Å². The van der Waals surface area contributed by atoms with E-state index in [-0.39, 0.29) is 5.91 Å². The minimum Gasteiger partial charge on any atom is -0.496 e. The summed E-state index contributed by atoms with van der Waals surface area (Å²) in [4.78, 5) is 13.9. The summed E-state index contributed by atoms with van der Waals surface area (Å²) < 4.78 is 6.25. The quantitative estimate of drug-likeness (QED) is 0.921. The number of ether oxygens (including phenoxy) is 1. The van der Waals surface area contributed by atoms with Crippen LogP contribution in [0.25, 0.3) is 0 Å². The molecule has 2 heterocycles. The van der Waals surface area contributed by atoms with Crippen molar-refractivity contribution in [2.75, 3.05) is 18.7 Å². The normalized spacial score (nSPS) is 13.9. The van der Waals surface area contributed by atoms with Crippen molar-refractivity contribution < 1.29 is 9.53 Å². The van der Waals surface area contributed by atoms with Crippen LogP contribution in [0.2, 0.25) is 0 Å². The monoisotopic (exact) mass is 352 g/mol. The number of amides is 1. The fraction of sp³-hybridized carbons (Fsp3) is 0.214. The summed E-state index contributed by atoms with van der Waals surface area (Å²) in [6.45, 7) is 1.27. The molecular formula is C14H13BrN2O2S. The predicted octanol–water partition coefficient (Wildman–Crippen LogP) is 3.23. The number of carbonyl (C=O) groups excluding carboxylic acids is 1. The maximum absolute atomic E-state index is 11.7. The summed E-state index contributed by atoms with van der Waals surface area (Å²) in [7, 11) is 1.66. The first-order valence-electron chi connectivity index (χ1n) is 6.12. The summed E-state index contributed by atoms with van der Waals surface area (Å²) in [6.07, 6.45) is 0. The van der Waals surface area contributed by atoms with Gasteiger partial charge in [0.15, 0.2) is 0 Å². The minimum absolute atomic E-state index is 0.00545. The Hall–Kier alpha value is -1.53. The molecule has 0 saturated heterocycles. The van der Waals surface area contributed by atoms with Gasteiger partial charge in [-0.3, -0.25) is 4.79 Å². The summed E-state index contributed by atoms with van der Waals surface area (Å²) in [5.41, 5.74) is 1.89. The molecular weight excluding hydrogens is 340 g/mol. The van der Waals surface area contributed by atoms with Gasteiger partial charge in [0.05, 0.1) is 23.8 Å². The van der Waals surface area contributed by atoms with E-state index in [1.165, 1.54) is 0 Å². The number of carbonyl (C=O) groups is 1. The van der Waals surface area contributed by atoms with Crippen molar-refractivity contribution in [2.24, 2.45) is 0 Å². The average Bonchev–Trinajstić information content (AvgIpc) is 2.94. The number of halogens is 1. The molecule has 1 N–H and O–H groups in total. The Kier molecular flexibility index (Phi) is 3.67. The Bertz CT molecular complexity index is 656. The largest absolute Gasteiger partial charge is 0.496 e. The van der Waals surface area contributed by atoms with Gasteiger partial charge in [0.1, 0.15) is 10.8 Å². The van der Waals surface area contributed by atoms with E-state index in [9.17, 15) is 4.79 Å². The molecule has 0 atom stereocenters. The summed E-state index contributed by atoms with van der Waals surface area (Å²) >= 11 is 5.04. The lowest BCUT2D eigenvalue weighted by Gasteiger charge is -2.28. The van der Waals surface area contributed by atoms with Crippen LogP contribution in [0.15, 0.2) is 34.1 Å². The molecule has 0 aliphatic carbocycles. The number of nitrogens with zero attached hydrogens (tertiary/aromatic N) is 1. The van der Waals surface area contributed by atoms with Crippen molar-refractivity contribution in [2.45, 2.75) is 6.54 Å². The fourth-order valence-electron chi connectivity index (χ4n) is 2.20. The molecule has 104 valence electrons. The van der Waals surface area contributed by atoms with Crippen LogP contribution in [0.4, 0.5) is 5.00 Å². The van der Waals surface area contributed by atoms with E-state index in [1.54, 1.807) is 18.4 Å². The van der Waals surface area contributed by atoms with Gasteiger partial charge in [-0.25, -0.2) is 0 Å². The van der Waals surface area contributed by atoms with Crippen LogP contribution >= 0.6 is 27.3 Å². The number of nitrogens with one attached hydrogen (secondary N) is 1. The Morgan fingerprint density at radius 1 is 1.45 bits per heavy atom. The number of rotatable bonds is 3. The molecule has 0 spiro atoms. The number of benzene rings is 1. The van der Waals surface area contributed by atoms with E-state index in [2.05, 4.69) is 32.2 Å². The molecule has 20 heavy (non-hydrogen) atoms. The highest BCUT2D eigenvalue weighted by atomic mass is 79.9. The second-order valence-corrected chi connectivity index (χ2v) is 6.22. The lowest BCUT2D eigenvalue weighted by Crippen LogP contribution is -2.42. The Morgan fingerprint density at radius 2 is 2.30 bits per heavy atom. The van der Waals surface area contributed by atoms with Gasteiger partial charge in [-0.05, 0) is 45.1 Å². The van der Waals surface area contributed by atoms with Gasteiger partial charge < -0.3 is 15.0 Å². The number of hydrogen-bond acceptors (Lipinski definition) is 4. The smallest absolute Gasteiger partial charge is 0.255 e. The van der Waals surface area contributed by atoms with Gasteiger partial charge in [0.25, 0.3) is 5.91 Å². The average molecular weight is 353 g/mol. The van der Waals surface area contributed by atoms with E-state index in [4.69, 9.17) is 4.74 Å². The maximum atomic E-state index is 11.7. The molecule has 6 heteroatoms. The Balaban J connectivity index is 1.86. The van der Waals surface area contributed by atoms with E-state index < -0.39 is 0 Å². The van der Waals surface area contributed by atoms with Crippen molar-refractivity contribution in [3.63, 3.8) is 0 Å². The minimum atomic E-state index is 0.00545. The number of thiophene rings is 1. The second kappa shape index (κ2) is 5.46. The molecule has 3 rings (SSSR count). The molecule has 0 radical (unpaired) electrons. The molecule has 0 unspecified atom stereocenters. The van der Waals surface area contributed by atoms with Crippen LogP contribution in [0.5, 0.6) is 5.75 Å². The molecule has 0 bridgehead atoms. The van der Waals surface area contributed by atoms with Crippen LogP contribution in [0.3, 0.4) is 0 Å². The number of fused-ring (bicyclic) bond motifs is 1. The van der Waals surface area contributed by atoms with Gasteiger partial charge in [-0.1, -0.05) is 6.07 Å². The lowest BCUT2D eigenvalue weighted by molar-refractivity contribution is 0.0948. The van der Waals surface area contributed by atoms with Crippen LogP contribution in [0.1, 0.15) is 15.9 Å². The van der Waals surface area contributed by atoms with Gasteiger partial charge in [-0.15, -0.1) is 11.3 Å². The summed E-state index contributed by atoms with van der Waals surface area (Å²) in [6, 6.07) is 7.90. The van der Waals surface area contributed by atoms with Crippen molar-refractivity contribution in [3.8, 4) is 5.75 Å². The first-order valence-corrected chi connectivity index (χ1v) is 7.79. The molecule has 1 aromatic carbocycles. The zero-order valence-electron chi connectivity index (χ0n) is 10.9. The highest BCUT2D eigenvalue weighted by Crippen LogP contribution is 2.32. The number of anilines is 1. The first-order chi connectivity index (χ1) is 9.69. The third-order valence-electron chi connectivity index (χ3n) is 3.20. The maximum Gasteiger partial charge on any atom is 0.255 e. The van der Waals surface area contributed by atoms with E-state index >= 15 is 0 Å². The van der Waals surface area contributed by atoms with Crippen LogP contribution < -0.4 is 15.0 Å². The highest BCUT2D eigenvalue weighted by Gasteiger charge is 2.23. The molecule has 1 aliphatic rings. The topological polar surface area (TPSA) is 41.6 Å². The molecule has 1 amide bonds. The molecule has 0 fully saturated rings. The zero-order chi connectivity index (χ0) is 14.1. The standard InChI is InChI=1S/C14H13BrN2O2S/c1-19-12-6-9(2-3-11(12)15)7-17-8-16-13(18)10-4-5-20-14(10)17/h2-6H,7-8H2,1H3,(H,16,18). The van der Waals surface area contributed by atoms with Gasteiger partial charge >= 0.3 is 0 Å². The van der Waals surface area contributed by atoms with Crippen molar-refractivity contribution in [1.29, 1.82) is 0 Å². The molecule has 0 saturated carbocycles. The summed E-state index contributed by atoms with van der Waals surface area (Å²) in [5, 5.41) is 5.86. The van der Waals surface area contributed by atoms with Gasteiger partial charge in [0, 0.05) is 6.54 Å². The fourth-order valence-corrected chi connectivity index (χ4v) is 3.51. The zero-order valence-corrected chi connectivity index (χ0v) is 13.3. The molecule has 1 aliphatic heterocycles. The van der Waals surface area contributed by atoms with Crippen molar-refractivity contribution in [1.82, 2.24) is 5.32 Å². The molecule has 2 aromatic rings. The van der Waals surface area contributed by atoms with E-state index in [1.807, 2.05) is 23.6 Å². The van der Waals surface area contributed by atoms with Crippen molar-refractivity contribution >= 4 is 38.2 Å². The lowest BCUT2D eigenvalue weighted by atomic mass is 10.2. The highest BCUT2D eigenvalue weighted by molar-refractivity contribution is 9.10. The first kappa shape index (κ1) is 13.5. The SMILES string of the molecule is COc1cc(CN2CNC(=O)c3ccsc32)ccc1Br. The summed E-state index contributed by atoms with van der Waals surface area (Å²) in [5.74, 6) is 0.820. The van der Waals surface area contributed by atoms with E-state index in [0.29, 0.717) is 6.67 Å². The second-order valence-electron chi connectivity index (χ2n) is 4.47. The van der Waals surface area contributed by atoms with Crippen LogP contribution in [0, 0.1) is 0 Å². The van der Waals surface area contributed by atoms with Gasteiger partial charge in [-0.2, -0.15) is 0 Å². The van der Waals surface area contributed by atoms with Crippen molar-refractivity contribution in [3.05, 3.63) is 45.2 Å². The third-order valence-corrected chi connectivity index (χ3v) is 4.82. The Morgan fingerprint density at radius 3 is 3.10 bits per heavy atom. The predicted molar refractivity (Wildman–Crippen MR) is 83.5 cm³/mol. The Labute approximate surface area is 129 Å². The third kappa shape index (κ3) is 2.41. The number of hydrogen-bond donors (Lipinski definition) is 1. The number of methoxy groups -OCH3 is 1. The van der Waals surface area contributed by atoms with Gasteiger partial charge in [0.2, 0.25) is 0 Å². The molecule has 1 aromatic heterocycles. The molecule has 4 nitrogen and oxygen atoms in total.